The molecule has 0 atom stereocenters. The molecule has 74 valence electrons. The lowest BCUT2D eigenvalue weighted by molar-refractivity contribution is -0.116. The zero-order chi connectivity index (χ0) is 10.7. The molecule has 1 N–H and O–H groups in total. The number of hydrogen-bond acceptors (Lipinski definition) is 2. The number of nitrogens with zero attached hydrogens (tertiary/aromatic N) is 1. The van der Waals surface area contributed by atoms with E-state index in [2.05, 4.69) is 5.32 Å². The molecule has 1 aromatic rings. The van der Waals surface area contributed by atoms with Crippen molar-refractivity contribution in [1.29, 1.82) is 5.26 Å². The number of fused-ring (bicyclic) bond motifs is 1. The Morgan fingerprint density at radius 2 is 2.27 bits per heavy atom. The summed E-state index contributed by atoms with van der Waals surface area (Å²) in [6.45, 7) is 0. The van der Waals surface area contributed by atoms with Gasteiger partial charge in [-0.1, -0.05) is 6.07 Å². The lowest BCUT2D eigenvalue weighted by Crippen LogP contribution is -2.18. The first-order chi connectivity index (χ1) is 7.29. The number of nitrogens with one attached hydrogen (secondary N) is 1. The molecule has 3 heteroatoms. The number of benzene rings is 1. The number of rotatable bonds is 1. The molecular weight excluding hydrogens is 188 g/mol. The molecule has 2 rings (SSSR count). The summed E-state index contributed by atoms with van der Waals surface area (Å²) in [6, 6.07) is 7.72. The number of amides is 1. The van der Waals surface area contributed by atoms with Crippen LogP contribution in [-0.4, -0.2) is 5.91 Å². The third-order valence-corrected chi connectivity index (χ3v) is 2.38. The van der Waals surface area contributed by atoms with E-state index < -0.39 is 0 Å². The van der Waals surface area contributed by atoms with E-state index in [0.29, 0.717) is 6.42 Å². The lowest BCUT2D eigenvalue weighted by atomic mass is 10.0. The zero-order valence-electron chi connectivity index (χ0n) is 8.16. The third kappa shape index (κ3) is 2.05. The van der Waals surface area contributed by atoms with E-state index in [0.717, 1.165) is 23.2 Å². The molecule has 0 bridgehead atoms. The smallest absolute Gasteiger partial charge is 0.224 e. The summed E-state index contributed by atoms with van der Waals surface area (Å²) in [5.41, 5.74) is 3.02. The molecule has 0 aromatic heterocycles. The highest BCUT2D eigenvalue weighted by Crippen LogP contribution is 2.23. The van der Waals surface area contributed by atoms with Crippen molar-refractivity contribution in [1.82, 2.24) is 0 Å². The maximum Gasteiger partial charge on any atom is 0.224 e. The van der Waals surface area contributed by atoms with Gasteiger partial charge in [-0.3, -0.25) is 4.79 Å². The minimum absolute atomic E-state index is 0.0721. The van der Waals surface area contributed by atoms with Crippen molar-refractivity contribution < 1.29 is 4.79 Å². The highest BCUT2D eigenvalue weighted by atomic mass is 16.1. The first-order valence-electron chi connectivity index (χ1n) is 4.78. The Bertz CT molecular complexity index is 469. The van der Waals surface area contributed by atoms with Crippen LogP contribution in [0.1, 0.15) is 17.5 Å². The molecular formula is C12H10N2O. The van der Waals surface area contributed by atoms with E-state index in [1.807, 2.05) is 24.3 Å². The van der Waals surface area contributed by atoms with Crippen LogP contribution in [-0.2, 0) is 11.2 Å². The van der Waals surface area contributed by atoms with E-state index in [-0.39, 0.29) is 5.91 Å². The Balaban J connectivity index is 2.31. The van der Waals surface area contributed by atoms with Crippen LogP contribution < -0.4 is 5.32 Å². The highest BCUT2D eigenvalue weighted by Gasteiger charge is 2.13. The van der Waals surface area contributed by atoms with Crippen molar-refractivity contribution in [2.45, 2.75) is 12.8 Å². The number of hydrogen-bond donors (Lipinski definition) is 1. The van der Waals surface area contributed by atoms with E-state index in [4.69, 9.17) is 5.26 Å². The second-order valence-electron chi connectivity index (χ2n) is 3.43. The average molecular weight is 198 g/mol. The average Bonchev–Trinajstić information content (AvgIpc) is 2.26. The predicted octanol–water partition coefficient (Wildman–Crippen LogP) is 2.11. The molecule has 0 saturated heterocycles. The fourth-order valence-electron chi connectivity index (χ4n) is 1.64. The van der Waals surface area contributed by atoms with Crippen LogP contribution in [0.15, 0.2) is 24.3 Å². The van der Waals surface area contributed by atoms with E-state index in [9.17, 15) is 4.79 Å². The molecule has 0 saturated carbocycles. The number of aryl methyl sites for hydroxylation is 1. The summed E-state index contributed by atoms with van der Waals surface area (Å²) in [4.78, 5) is 11.1. The first kappa shape index (κ1) is 9.47. The lowest BCUT2D eigenvalue weighted by Gasteiger charge is -2.16. The van der Waals surface area contributed by atoms with Gasteiger partial charge in [0.1, 0.15) is 0 Å². The van der Waals surface area contributed by atoms with Crippen LogP contribution >= 0.6 is 0 Å². The molecule has 1 amide bonds. The van der Waals surface area contributed by atoms with Crippen molar-refractivity contribution in [3.05, 3.63) is 35.4 Å². The minimum Gasteiger partial charge on any atom is -0.326 e. The molecule has 0 fully saturated rings. The highest BCUT2D eigenvalue weighted by molar-refractivity contribution is 5.94. The van der Waals surface area contributed by atoms with Gasteiger partial charge in [-0.15, -0.1) is 0 Å². The molecule has 1 aromatic carbocycles. The fourth-order valence-corrected chi connectivity index (χ4v) is 1.64. The third-order valence-electron chi connectivity index (χ3n) is 2.38. The maximum absolute atomic E-state index is 11.1. The Morgan fingerprint density at radius 3 is 3.07 bits per heavy atom. The van der Waals surface area contributed by atoms with E-state index in [1.165, 1.54) is 6.08 Å². The summed E-state index contributed by atoms with van der Waals surface area (Å²) in [5, 5.41) is 11.2. The predicted molar refractivity (Wildman–Crippen MR) is 58.0 cm³/mol. The molecule has 1 aliphatic heterocycles. The summed E-state index contributed by atoms with van der Waals surface area (Å²) in [7, 11) is 0. The normalized spacial score (nSPS) is 14.5. The number of carbonyl (C=O) groups is 1. The van der Waals surface area contributed by atoms with Crippen molar-refractivity contribution in [3.63, 3.8) is 0 Å². The minimum atomic E-state index is 0.0721. The van der Waals surface area contributed by atoms with Gasteiger partial charge in [0.25, 0.3) is 0 Å². The summed E-state index contributed by atoms with van der Waals surface area (Å²) in [5.74, 6) is 0.0721. The van der Waals surface area contributed by atoms with Crippen LogP contribution in [0, 0.1) is 11.3 Å². The number of anilines is 1. The van der Waals surface area contributed by atoms with Crippen molar-refractivity contribution >= 4 is 17.7 Å². The summed E-state index contributed by atoms with van der Waals surface area (Å²) >= 11 is 0. The van der Waals surface area contributed by atoms with Crippen LogP contribution in [0.4, 0.5) is 5.69 Å². The summed E-state index contributed by atoms with van der Waals surface area (Å²) < 4.78 is 0. The molecule has 0 radical (unpaired) electrons. The van der Waals surface area contributed by atoms with Gasteiger partial charge in [0, 0.05) is 18.2 Å². The van der Waals surface area contributed by atoms with Gasteiger partial charge in [0.15, 0.2) is 0 Å². The number of carbonyl (C=O) groups excluding carboxylic acids is 1. The van der Waals surface area contributed by atoms with Gasteiger partial charge in [-0.05, 0) is 35.8 Å². The van der Waals surface area contributed by atoms with Crippen LogP contribution in [0.25, 0.3) is 6.08 Å². The molecule has 3 nitrogen and oxygen atoms in total. The van der Waals surface area contributed by atoms with Gasteiger partial charge in [-0.2, -0.15) is 5.26 Å². The Hall–Kier alpha value is -2.08. The topological polar surface area (TPSA) is 52.9 Å². The molecule has 15 heavy (non-hydrogen) atoms. The van der Waals surface area contributed by atoms with Crippen LogP contribution in [0.3, 0.4) is 0 Å². The van der Waals surface area contributed by atoms with Gasteiger partial charge in [-0.25, -0.2) is 0 Å². The molecule has 0 spiro atoms. The molecule has 0 aliphatic carbocycles. The maximum atomic E-state index is 11.1. The van der Waals surface area contributed by atoms with E-state index in [1.54, 1.807) is 6.08 Å². The molecule has 1 aliphatic rings. The van der Waals surface area contributed by atoms with Gasteiger partial charge in [0.2, 0.25) is 5.91 Å². The summed E-state index contributed by atoms with van der Waals surface area (Å²) in [6.07, 6.45) is 4.52. The Labute approximate surface area is 88.0 Å². The second-order valence-corrected chi connectivity index (χ2v) is 3.43. The largest absolute Gasteiger partial charge is 0.326 e. The molecule has 0 unspecified atom stereocenters. The first-order valence-corrected chi connectivity index (χ1v) is 4.78. The van der Waals surface area contributed by atoms with Crippen molar-refractivity contribution in [2.24, 2.45) is 0 Å². The second kappa shape index (κ2) is 3.97. The standard InChI is InChI=1S/C12H10N2O/c13-7-1-2-9-3-5-11-10(8-9)4-6-12(15)14-11/h1-3,5,8H,4,6H2,(H,14,15). The zero-order valence-corrected chi connectivity index (χ0v) is 8.16. The fraction of sp³-hybridized carbons (Fsp3) is 0.167. The van der Waals surface area contributed by atoms with Crippen molar-refractivity contribution in [2.75, 3.05) is 5.32 Å². The van der Waals surface area contributed by atoms with Crippen molar-refractivity contribution in [3.8, 4) is 6.07 Å². The number of allylic oxidation sites excluding steroid dienone is 1. The Morgan fingerprint density at radius 1 is 1.40 bits per heavy atom. The SMILES string of the molecule is N#CC=Cc1ccc2c(c1)CCC(=O)N2. The van der Waals surface area contributed by atoms with Gasteiger partial charge < -0.3 is 5.32 Å². The van der Waals surface area contributed by atoms with Crippen LogP contribution in [0.2, 0.25) is 0 Å². The molecule has 1 heterocycles. The monoisotopic (exact) mass is 198 g/mol. The van der Waals surface area contributed by atoms with Crippen LogP contribution in [0.5, 0.6) is 0 Å². The Kier molecular flexibility index (Phi) is 2.51. The van der Waals surface area contributed by atoms with Gasteiger partial charge in [0.05, 0.1) is 6.07 Å². The quantitative estimate of drug-likeness (QED) is 0.702. The number of nitriles is 1. The van der Waals surface area contributed by atoms with Gasteiger partial charge >= 0.3 is 0 Å². The van der Waals surface area contributed by atoms with E-state index >= 15 is 0 Å².